The Morgan fingerprint density at radius 3 is 2.13 bits per heavy atom. The van der Waals surface area contributed by atoms with Crippen molar-refractivity contribution in [3.8, 4) is 22.3 Å². The zero-order valence-electron chi connectivity index (χ0n) is 16.6. The van der Waals surface area contributed by atoms with Crippen LogP contribution >= 0.6 is 0 Å². The molecule has 150 valence electrons. The van der Waals surface area contributed by atoms with Crippen molar-refractivity contribution >= 4 is 11.8 Å². The number of carbonyl (C=O) groups excluding carboxylic acids is 2. The van der Waals surface area contributed by atoms with Gasteiger partial charge in [0.05, 0.1) is 12.8 Å². The number of esters is 1. The average molecular weight is 399 g/mol. The summed E-state index contributed by atoms with van der Waals surface area (Å²) < 4.78 is 6.75. The first kappa shape index (κ1) is 18.4. The molecule has 30 heavy (non-hydrogen) atoms. The van der Waals surface area contributed by atoms with Crippen LogP contribution in [0.2, 0.25) is 0 Å². The van der Waals surface area contributed by atoms with Gasteiger partial charge in [-0.3, -0.25) is 4.79 Å². The number of hydrogen-bond acceptors (Lipinski definition) is 4. The number of ether oxygens (including phenoxy) is 1. The number of carbonyl (C=O) groups is 2. The van der Waals surface area contributed by atoms with Crippen molar-refractivity contribution in [3.05, 3.63) is 83.9 Å². The molecule has 1 aromatic heterocycles. The minimum absolute atomic E-state index is 0.174. The molecule has 1 N–H and O–H groups in total. The molecule has 2 heterocycles. The Balaban J connectivity index is 1.85. The Morgan fingerprint density at radius 2 is 1.60 bits per heavy atom. The maximum atomic E-state index is 13.6. The van der Waals surface area contributed by atoms with E-state index in [1.54, 1.807) is 0 Å². The highest BCUT2D eigenvalue weighted by atomic mass is 16.5. The molecule has 1 spiro atoms. The number of ketones is 1. The molecule has 5 rings (SSSR count). The fourth-order valence-corrected chi connectivity index (χ4v) is 4.65. The molecule has 0 unspecified atom stereocenters. The molecular formula is C25H21NO4. The van der Waals surface area contributed by atoms with Gasteiger partial charge in [-0.25, -0.2) is 4.79 Å². The number of aliphatic hydroxyl groups excluding tert-OH is 1. The summed E-state index contributed by atoms with van der Waals surface area (Å²) in [5.41, 5.74) is 2.93. The van der Waals surface area contributed by atoms with Gasteiger partial charge in [-0.15, -0.1) is 0 Å². The molecule has 0 radical (unpaired) electrons. The van der Waals surface area contributed by atoms with Crippen molar-refractivity contribution in [2.75, 3.05) is 7.11 Å². The van der Waals surface area contributed by atoms with E-state index < -0.39 is 17.3 Å². The maximum absolute atomic E-state index is 13.6. The standard InChI is InChI=1S/C25H21NO4/c1-30-24(29)20-22(27)21-19(17-11-6-3-7-12-17)18(16-9-4-2-5-10-16)15-26(21)25(23(20)28)13-8-14-25/h2-7,9-12,15,28H,8,13-14H2,1H3. The molecule has 1 aliphatic carbocycles. The molecule has 0 saturated heterocycles. The quantitative estimate of drug-likeness (QED) is 0.503. The molecule has 1 fully saturated rings. The Morgan fingerprint density at radius 1 is 1.00 bits per heavy atom. The van der Waals surface area contributed by atoms with Crippen molar-refractivity contribution in [3.63, 3.8) is 0 Å². The fourth-order valence-electron chi connectivity index (χ4n) is 4.65. The summed E-state index contributed by atoms with van der Waals surface area (Å²) in [6.45, 7) is 0. The molecular weight excluding hydrogens is 378 g/mol. The maximum Gasteiger partial charge on any atom is 0.345 e. The van der Waals surface area contributed by atoms with Gasteiger partial charge in [-0.2, -0.15) is 0 Å². The smallest absolute Gasteiger partial charge is 0.345 e. The van der Waals surface area contributed by atoms with Gasteiger partial charge in [0.1, 0.15) is 16.9 Å². The van der Waals surface area contributed by atoms with E-state index in [1.807, 2.05) is 71.4 Å². The predicted molar refractivity (Wildman–Crippen MR) is 113 cm³/mol. The third-order valence-electron chi connectivity index (χ3n) is 6.30. The first-order valence-electron chi connectivity index (χ1n) is 10.0. The molecule has 2 aliphatic rings. The lowest BCUT2D eigenvalue weighted by atomic mass is 9.71. The van der Waals surface area contributed by atoms with Crippen LogP contribution in [0.5, 0.6) is 0 Å². The number of aliphatic hydroxyl groups is 1. The van der Waals surface area contributed by atoms with Crippen LogP contribution < -0.4 is 0 Å². The number of aromatic nitrogens is 1. The summed E-state index contributed by atoms with van der Waals surface area (Å²) in [6.07, 6.45) is 4.19. The molecule has 0 bridgehead atoms. The van der Waals surface area contributed by atoms with Crippen LogP contribution in [0.3, 0.4) is 0 Å². The Bertz CT molecular complexity index is 1180. The van der Waals surface area contributed by atoms with Crippen LogP contribution in [0.25, 0.3) is 22.3 Å². The monoisotopic (exact) mass is 399 g/mol. The molecule has 5 nitrogen and oxygen atoms in total. The minimum Gasteiger partial charge on any atom is -0.509 e. The summed E-state index contributed by atoms with van der Waals surface area (Å²) >= 11 is 0. The first-order valence-corrected chi connectivity index (χ1v) is 10.0. The van der Waals surface area contributed by atoms with Gasteiger partial charge in [-0.05, 0) is 30.4 Å². The molecule has 1 saturated carbocycles. The molecule has 0 atom stereocenters. The molecule has 0 amide bonds. The van der Waals surface area contributed by atoms with Gasteiger partial charge in [-0.1, -0.05) is 60.7 Å². The molecule has 1 aliphatic heterocycles. The second-order valence-electron chi connectivity index (χ2n) is 7.80. The number of rotatable bonds is 3. The Labute approximate surface area is 174 Å². The van der Waals surface area contributed by atoms with Crippen molar-refractivity contribution in [1.82, 2.24) is 4.57 Å². The molecule has 5 heteroatoms. The van der Waals surface area contributed by atoms with Gasteiger partial charge in [0, 0.05) is 17.3 Å². The topological polar surface area (TPSA) is 68.5 Å². The van der Waals surface area contributed by atoms with E-state index in [2.05, 4.69) is 0 Å². The van der Waals surface area contributed by atoms with Gasteiger partial charge in [0.2, 0.25) is 5.78 Å². The zero-order valence-corrected chi connectivity index (χ0v) is 16.6. The van der Waals surface area contributed by atoms with Gasteiger partial charge < -0.3 is 14.4 Å². The van der Waals surface area contributed by atoms with E-state index in [4.69, 9.17) is 4.74 Å². The van der Waals surface area contributed by atoms with Gasteiger partial charge in [0.25, 0.3) is 0 Å². The largest absolute Gasteiger partial charge is 0.509 e. The van der Waals surface area contributed by atoms with Crippen LogP contribution in [0.1, 0.15) is 29.8 Å². The van der Waals surface area contributed by atoms with Crippen LogP contribution in [-0.4, -0.2) is 28.5 Å². The summed E-state index contributed by atoms with van der Waals surface area (Å²) in [5.74, 6) is -1.47. The minimum atomic E-state index is -0.795. The summed E-state index contributed by atoms with van der Waals surface area (Å²) in [7, 11) is 1.23. The van der Waals surface area contributed by atoms with Crippen molar-refractivity contribution < 1.29 is 19.4 Å². The highest BCUT2D eigenvalue weighted by molar-refractivity contribution is 6.27. The third-order valence-corrected chi connectivity index (χ3v) is 6.30. The predicted octanol–water partition coefficient (Wildman–Crippen LogP) is 4.88. The van der Waals surface area contributed by atoms with E-state index in [0.717, 1.165) is 28.7 Å². The Kier molecular flexibility index (Phi) is 4.13. The van der Waals surface area contributed by atoms with E-state index in [0.29, 0.717) is 18.5 Å². The highest BCUT2D eigenvalue weighted by Gasteiger charge is 2.52. The normalized spacial score (nSPS) is 16.9. The van der Waals surface area contributed by atoms with Crippen molar-refractivity contribution in [2.24, 2.45) is 0 Å². The number of methoxy groups -OCH3 is 1. The van der Waals surface area contributed by atoms with Crippen LogP contribution in [0.15, 0.2) is 78.2 Å². The number of nitrogens with zero attached hydrogens (tertiary/aromatic N) is 1. The lowest BCUT2D eigenvalue weighted by Gasteiger charge is -2.46. The first-order chi connectivity index (χ1) is 14.6. The van der Waals surface area contributed by atoms with E-state index in [1.165, 1.54) is 7.11 Å². The lowest BCUT2D eigenvalue weighted by Crippen LogP contribution is -2.48. The second kappa shape index (κ2) is 6.73. The molecule has 2 aromatic carbocycles. The number of hydrogen-bond donors (Lipinski definition) is 1. The summed E-state index contributed by atoms with van der Waals surface area (Å²) in [4.78, 5) is 26.0. The average Bonchev–Trinajstić information content (AvgIpc) is 3.15. The van der Waals surface area contributed by atoms with Gasteiger partial charge >= 0.3 is 5.97 Å². The highest BCUT2D eigenvalue weighted by Crippen LogP contribution is 2.52. The van der Waals surface area contributed by atoms with Gasteiger partial charge in [0.15, 0.2) is 0 Å². The van der Waals surface area contributed by atoms with E-state index in [-0.39, 0.29) is 11.3 Å². The lowest BCUT2D eigenvalue weighted by molar-refractivity contribution is -0.136. The van der Waals surface area contributed by atoms with E-state index in [9.17, 15) is 14.7 Å². The van der Waals surface area contributed by atoms with Crippen molar-refractivity contribution in [1.29, 1.82) is 0 Å². The second-order valence-corrected chi connectivity index (χ2v) is 7.80. The number of Topliss-reactive ketones (excluding diaryl/α,β-unsaturated/α-hetero) is 1. The van der Waals surface area contributed by atoms with Crippen LogP contribution in [0, 0.1) is 0 Å². The number of fused-ring (bicyclic) bond motifs is 2. The van der Waals surface area contributed by atoms with E-state index >= 15 is 0 Å². The van der Waals surface area contributed by atoms with Crippen molar-refractivity contribution in [2.45, 2.75) is 24.8 Å². The zero-order chi connectivity index (χ0) is 20.9. The summed E-state index contributed by atoms with van der Waals surface area (Å²) in [6, 6.07) is 19.6. The third kappa shape index (κ3) is 2.41. The fraction of sp³-hybridized carbons (Fsp3) is 0.200. The number of benzene rings is 2. The SMILES string of the molecule is COC(=O)C1=C(O)C2(CCC2)n2cc(-c3ccccc3)c(-c3ccccc3)c2C1=O. The van der Waals surface area contributed by atoms with Crippen LogP contribution in [-0.2, 0) is 15.1 Å². The molecule has 3 aromatic rings. The van der Waals surface area contributed by atoms with Crippen LogP contribution in [0.4, 0.5) is 0 Å². The number of allylic oxidation sites excluding steroid dienone is 1. The summed E-state index contributed by atoms with van der Waals surface area (Å²) in [5, 5.41) is 11.0. The Hall–Kier alpha value is -3.60.